The van der Waals surface area contributed by atoms with E-state index in [0.29, 0.717) is 23.0 Å². The minimum atomic E-state index is -1.09. The van der Waals surface area contributed by atoms with Gasteiger partial charge in [-0.15, -0.1) is 10.2 Å². The van der Waals surface area contributed by atoms with E-state index in [1.807, 2.05) is 6.07 Å². The fourth-order valence-electron chi connectivity index (χ4n) is 1.86. The van der Waals surface area contributed by atoms with Crippen LogP contribution in [-0.2, 0) is 0 Å². The monoisotopic (exact) mass is 255 g/mol. The van der Waals surface area contributed by atoms with Crippen LogP contribution in [0.3, 0.4) is 0 Å². The van der Waals surface area contributed by atoms with Gasteiger partial charge in [0.25, 0.3) is 0 Å². The van der Waals surface area contributed by atoms with Gasteiger partial charge in [0.1, 0.15) is 11.5 Å². The smallest absolute Gasteiger partial charge is 0.354 e. The summed E-state index contributed by atoms with van der Waals surface area (Å²) in [5.41, 5.74) is 1.04. The van der Waals surface area contributed by atoms with Crippen LogP contribution in [0.1, 0.15) is 16.3 Å². The average molecular weight is 255 g/mol. The summed E-state index contributed by atoms with van der Waals surface area (Å²) in [5.74, 6) is -0.0499. The molecule has 0 aromatic carbocycles. The largest absolute Gasteiger partial charge is 0.477 e. The first kappa shape index (κ1) is 11.3. The Bertz CT molecular complexity index is 766. The molecule has 0 aliphatic carbocycles. The van der Waals surface area contributed by atoms with Gasteiger partial charge >= 0.3 is 5.97 Å². The van der Waals surface area contributed by atoms with E-state index in [1.54, 1.807) is 29.7 Å². The second-order valence-corrected chi connectivity index (χ2v) is 3.93. The number of aryl methyl sites for hydroxylation is 1. The summed E-state index contributed by atoms with van der Waals surface area (Å²) in [5, 5.41) is 17.0. The third-order valence-corrected chi connectivity index (χ3v) is 2.67. The molecule has 19 heavy (non-hydrogen) atoms. The van der Waals surface area contributed by atoms with Crippen molar-refractivity contribution in [2.75, 3.05) is 0 Å². The molecule has 0 spiro atoms. The minimum absolute atomic E-state index is 0.0510. The Balaban J connectivity index is 2.27. The van der Waals surface area contributed by atoms with E-state index in [-0.39, 0.29) is 5.69 Å². The number of fused-ring (bicyclic) bond motifs is 1. The molecule has 3 aromatic rings. The van der Waals surface area contributed by atoms with Gasteiger partial charge in [-0.05, 0) is 19.1 Å². The summed E-state index contributed by atoms with van der Waals surface area (Å²) >= 11 is 0. The number of nitrogens with zero attached hydrogens (tertiary/aromatic N) is 5. The summed E-state index contributed by atoms with van der Waals surface area (Å²) in [7, 11) is 0. The number of aromatic carboxylic acids is 1. The maximum atomic E-state index is 10.9. The molecular formula is C12H9N5O2. The van der Waals surface area contributed by atoms with E-state index in [1.165, 1.54) is 6.07 Å². The summed E-state index contributed by atoms with van der Waals surface area (Å²) < 4.78 is 1.68. The lowest BCUT2D eigenvalue weighted by molar-refractivity contribution is 0.0690. The van der Waals surface area contributed by atoms with Gasteiger partial charge in [-0.3, -0.25) is 9.38 Å². The standard InChI is InChI=1S/C12H9N5O2/c1-7-14-9(12(18)19)6-10-15-16-11(17(7)10)8-4-2-3-5-13-8/h2-6H,1H3,(H,18,19). The van der Waals surface area contributed by atoms with Crippen LogP contribution in [0.15, 0.2) is 30.5 Å². The molecule has 0 atom stereocenters. The fourth-order valence-corrected chi connectivity index (χ4v) is 1.86. The molecule has 3 rings (SSSR count). The highest BCUT2D eigenvalue weighted by Crippen LogP contribution is 2.17. The van der Waals surface area contributed by atoms with Gasteiger partial charge in [-0.1, -0.05) is 6.07 Å². The molecule has 0 aliphatic rings. The van der Waals surface area contributed by atoms with Crippen molar-refractivity contribution in [2.45, 2.75) is 6.92 Å². The van der Waals surface area contributed by atoms with E-state index in [0.717, 1.165) is 0 Å². The number of carboxylic acids is 1. The Morgan fingerprint density at radius 3 is 2.84 bits per heavy atom. The lowest BCUT2D eigenvalue weighted by atomic mass is 10.3. The third-order valence-electron chi connectivity index (χ3n) is 2.67. The van der Waals surface area contributed by atoms with Crippen molar-refractivity contribution in [3.05, 3.63) is 42.0 Å². The molecule has 0 bridgehead atoms. The lowest BCUT2D eigenvalue weighted by Crippen LogP contribution is -2.06. The molecule has 0 aliphatic heterocycles. The summed E-state index contributed by atoms with van der Waals surface area (Å²) in [6.45, 7) is 1.70. The van der Waals surface area contributed by atoms with E-state index in [4.69, 9.17) is 5.11 Å². The first-order valence-corrected chi connectivity index (χ1v) is 5.54. The predicted molar refractivity (Wildman–Crippen MR) is 65.7 cm³/mol. The van der Waals surface area contributed by atoms with Crippen molar-refractivity contribution in [3.63, 3.8) is 0 Å². The van der Waals surface area contributed by atoms with Gasteiger partial charge in [0.2, 0.25) is 0 Å². The average Bonchev–Trinajstić information content (AvgIpc) is 2.84. The van der Waals surface area contributed by atoms with Gasteiger partial charge in [0.15, 0.2) is 17.2 Å². The second kappa shape index (κ2) is 4.13. The minimum Gasteiger partial charge on any atom is -0.477 e. The zero-order chi connectivity index (χ0) is 13.4. The Morgan fingerprint density at radius 1 is 1.32 bits per heavy atom. The van der Waals surface area contributed by atoms with Crippen molar-refractivity contribution >= 4 is 11.6 Å². The van der Waals surface area contributed by atoms with E-state index >= 15 is 0 Å². The molecular weight excluding hydrogens is 246 g/mol. The van der Waals surface area contributed by atoms with Crippen molar-refractivity contribution in [2.24, 2.45) is 0 Å². The summed E-state index contributed by atoms with van der Waals surface area (Å²) in [6.07, 6.45) is 1.66. The SMILES string of the molecule is Cc1nc(C(=O)O)cc2nnc(-c3ccccn3)n12. The van der Waals surface area contributed by atoms with E-state index < -0.39 is 5.97 Å². The Kier molecular flexibility index (Phi) is 2.45. The highest BCUT2D eigenvalue weighted by atomic mass is 16.4. The summed E-state index contributed by atoms with van der Waals surface area (Å²) in [6, 6.07) is 6.84. The fraction of sp³-hybridized carbons (Fsp3) is 0.0833. The number of hydrogen-bond acceptors (Lipinski definition) is 5. The normalized spacial score (nSPS) is 10.8. The number of carbonyl (C=O) groups is 1. The Labute approximate surface area is 107 Å². The number of carboxylic acid groups (broad SMARTS) is 1. The van der Waals surface area contributed by atoms with Gasteiger partial charge in [-0.2, -0.15) is 0 Å². The number of pyridine rings is 1. The molecule has 0 saturated heterocycles. The maximum absolute atomic E-state index is 10.9. The lowest BCUT2D eigenvalue weighted by Gasteiger charge is -2.03. The van der Waals surface area contributed by atoms with Gasteiger partial charge < -0.3 is 5.11 Å². The number of aromatic nitrogens is 5. The van der Waals surface area contributed by atoms with Crippen molar-refractivity contribution < 1.29 is 9.90 Å². The van der Waals surface area contributed by atoms with Crippen LogP contribution in [0.5, 0.6) is 0 Å². The molecule has 7 nitrogen and oxygen atoms in total. The molecule has 0 radical (unpaired) electrons. The van der Waals surface area contributed by atoms with Gasteiger partial charge in [0, 0.05) is 12.3 Å². The Morgan fingerprint density at radius 2 is 2.16 bits per heavy atom. The summed E-state index contributed by atoms with van der Waals surface area (Å²) in [4.78, 5) is 19.2. The van der Waals surface area contributed by atoms with Crippen LogP contribution in [0.4, 0.5) is 0 Å². The molecule has 0 unspecified atom stereocenters. The predicted octanol–water partition coefficient (Wildman–Crippen LogP) is 1.19. The molecule has 7 heteroatoms. The quantitative estimate of drug-likeness (QED) is 0.739. The van der Waals surface area contributed by atoms with Gasteiger partial charge in [-0.25, -0.2) is 9.78 Å². The van der Waals surface area contributed by atoms with Gasteiger partial charge in [0.05, 0.1) is 0 Å². The molecule has 94 valence electrons. The zero-order valence-corrected chi connectivity index (χ0v) is 9.98. The van der Waals surface area contributed by atoms with Crippen LogP contribution in [0, 0.1) is 6.92 Å². The van der Waals surface area contributed by atoms with Crippen LogP contribution < -0.4 is 0 Å². The van der Waals surface area contributed by atoms with E-state index in [9.17, 15) is 4.79 Å². The maximum Gasteiger partial charge on any atom is 0.354 e. The molecule has 1 N–H and O–H groups in total. The van der Waals surface area contributed by atoms with Crippen LogP contribution in [-0.4, -0.2) is 35.6 Å². The number of hydrogen-bond donors (Lipinski definition) is 1. The molecule has 3 aromatic heterocycles. The molecule has 0 amide bonds. The molecule has 3 heterocycles. The number of rotatable bonds is 2. The van der Waals surface area contributed by atoms with E-state index in [2.05, 4.69) is 20.2 Å². The topological polar surface area (TPSA) is 93.3 Å². The van der Waals surface area contributed by atoms with Crippen LogP contribution in [0.25, 0.3) is 17.2 Å². The highest BCUT2D eigenvalue weighted by molar-refractivity contribution is 5.86. The van der Waals surface area contributed by atoms with Crippen molar-refractivity contribution in [1.82, 2.24) is 24.6 Å². The first-order chi connectivity index (χ1) is 9.16. The first-order valence-electron chi connectivity index (χ1n) is 5.54. The highest BCUT2D eigenvalue weighted by Gasteiger charge is 2.15. The van der Waals surface area contributed by atoms with Crippen LogP contribution in [0.2, 0.25) is 0 Å². The van der Waals surface area contributed by atoms with Crippen molar-refractivity contribution in [3.8, 4) is 11.5 Å². The van der Waals surface area contributed by atoms with Crippen LogP contribution >= 0.6 is 0 Å². The van der Waals surface area contributed by atoms with Crippen molar-refractivity contribution in [1.29, 1.82) is 0 Å². The second-order valence-electron chi connectivity index (χ2n) is 3.93. The molecule has 0 fully saturated rings. The zero-order valence-electron chi connectivity index (χ0n) is 9.98. The third kappa shape index (κ3) is 1.81. The molecule has 0 saturated carbocycles. The Hall–Kier alpha value is -2.83.